The number of hydrogen-bond acceptors (Lipinski definition) is 2. The van der Waals surface area contributed by atoms with Crippen molar-refractivity contribution >= 4 is 11.8 Å². The van der Waals surface area contributed by atoms with E-state index >= 15 is 0 Å². The molecule has 4 nitrogen and oxygen atoms in total. The van der Waals surface area contributed by atoms with Gasteiger partial charge in [0.25, 0.3) is 0 Å². The Hall–Kier alpha value is -1.32. The van der Waals surface area contributed by atoms with E-state index in [2.05, 4.69) is 13.0 Å². The zero-order valence-corrected chi connectivity index (χ0v) is 14.9. The number of carbonyl (C=O) groups excluding carboxylic acids is 2. The summed E-state index contributed by atoms with van der Waals surface area (Å²) in [5.74, 6) is 1.08. The molecular weight excluding hydrogens is 288 g/mol. The van der Waals surface area contributed by atoms with E-state index in [1.807, 2.05) is 11.9 Å². The molecule has 4 heteroatoms. The molecule has 1 saturated heterocycles. The summed E-state index contributed by atoms with van der Waals surface area (Å²) in [7, 11) is 1.86. The van der Waals surface area contributed by atoms with Crippen LogP contribution in [0.25, 0.3) is 0 Å². The number of piperidine rings is 1. The van der Waals surface area contributed by atoms with Crippen LogP contribution < -0.4 is 0 Å². The number of allylic oxidation sites excluding steroid dienone is 2. The smallest absolute Gasteiger partial charge is 0.226 e. The molecule has 0 aromatic heterocycles. The molecule has 0 radical (unpaired) electrons. The highest BCUT2D eigenvalue weighted by molar-refractivity contribution is 5.78. The molecule has 0 aromatic rings. The Morgan fingerprint density at radius 1 is 1.22 bits per heavy atom. The average Bonchev–Trinajstić information content (AvgIpc) is 2.58. The van der Waals surface area contributed by atoms with Crippen LogP contribution in [0.5, 0.6) is 0 Å². The summed E-state index contributed by atoms with van der Waals surface area (Å²) in [4.78, 5) is 28.2. The van der Waals surface area contributed by atoms with E-state index in [4.69, 9.17) is 0 Å². The maximum Gasteiger partial charge on any atom is 0.226 e. The number of unbranched alkanes of at least 4 members (excludes halogenated alkanes) is 1. The van der Waals surface area contributed by atoms with Crippen LogP contribution in [0.15, 0.2) is 11.8 Å². The number of nitrogens with zero attached hydrogens (tertiary/aromatic N) is 2. The number of amides is 2. The third-order valence-corrected chi connectivity index (χ3v) is 5.09. The molecule has 2 aliphatic rings. The summed E-state index contributed by atoms with van der Waals surface area (Å²) in [6, 6.07) is 0. The van der Waals surface area contributed by atoms with E-state index in [1.54, 1.807) is 4.90 Å². The fraction of sp³-hybridized carbons (Fsp3) is 0.789. The van der Waals surface area contributed by atoms with Crippen molar-refractivity contribution in [3.63, 3.8) is 0 Å². The lowest BCUT2D eigenvalue weighted by Crippen LogP contribution is -2.38. The second kappa shape index (κ2) is 9.09. The molecule has 1 heterocycles. The predicted octanol–water partition coefficient (Wildman–Crippen LogP) is 3.72. The third kappa shape index (κ3) is 5.08. The van der Waals surface area contributed by atoms with Gasteiger partial charge in [-0.3, -0.25) is 9.59 Å². The molecule has 0 saturated carbocycles. The van der Waals surface area contributed by atoms with E-state index in [9.17, 15) is 9.59 Å². The van der Waals surface area contributed by atoms with Gasteiger partial charge in [0.15, 0.2) is 0 Å². The fourth-order valence-corrected chi connectivity index (χ4v) is 3.78. The minimum atomic E-state index is 0.201. The lowest BCUT2D eigenvalue weighted by molar-refractivity contribution is -0.132. The SMILES string of the molecule is CCCN(C)C(=O)CCCCC(=O)N1CCCC2CCCC=C21. The number of fused-ring (bicyclic) bond motifs is 1. The number of likely N-dealkylation sites (tertiary alicyclic amines) is 1. The van der Waals surface area contributed by atoms with Crippen molar-refractivity contribution < 1.29 is 9.59 Å². The Bertz CT molecular complexity index is 445. The van der Waals surface area contributed by atoms with Gasteiger partial charge in [0.05, 0.1) is 0 Å². The van der Waals surface area contributed by atoms with E-state index < -0.39 is 0 Å². The van der Waals surface area contributed by atoms with Crippen LogP contribution in [0.4, 0.5) is 0 Å². The van der Waals surface area contributed by atoms with E-state index in [0.29, 0.717) is 18.8 Å². The van der Waals surface area contributed by atoms with Gasteiger partial charge in [-0.05, 0) is 57.3 Å². The van der Waals surface area contributed by atoms with Gasteiger partial charge in [0.2, 0.25) is 11.8 Å². The van der Waals surface area contributed by atoms with Gasteiger partial charge in [-0.25, -0.2) is 0 Å². The second-order valence-electron chi connectivity index (χ2n) is 6.97. The maximum absolute atomic E-state index is 12.5. The Balaban J connectivity index is 1.72. The summed E-state index contributed by atoms with van der Waals surface area (Å²) in [6.07, 6.45) is 12.1. The summed E-state index contributed by atoms with van der Waals surface area (Å²) >= 11 is 0. The highest BCUT2D eigenvalue weighted by Gasteiger charge is 2.29. The first-order valence-corrected chi connectivity index (χ1v) is 9.38. The molecule has 23 heavy (non-hydrogen) atoms. The van der Waals surface area contributed by atoms with Crippen LogP contribution in [0.2, 0.25) is 0 Å². The lowest BCUT2D eigenvalue weighted by Gasteiger charge is -2.38. The van der Waals surface area contributed by atoms with Crippen LogP contribution in [-0.2, 0) is 9.59 Å². The summed E-state index contributed by atoms with van der Waals surface area (Å²) < 4.78 is 0. The highest BCUT2D eigenvalue weighted by atomic mass is 16.2. The summed E-state index contributed by atoms with van der Waals surface area (Å²) in [6.45, 7) is 3.79. The summed E-state index contributed by atoms with van der Waals surface area (Å²) in [5, 5.41) is 0. The lowest BCUT2D eigenvalue weighted by atomic mass is 9.85. The molecule has 2 rings (SSSR count). The maximum atomic E-state index is 12.5. The Kier molecular flexibility index (Phi) is 7.13. The van der Waals surface area contributed by atoms with Gasteiger partial charge >= 0.3 is 0 Å². The first kappa shape index (κ1) is 18.0. The first-order valence-electron chi connectivity index (χ1n) is 9.38. The fourth-order valence-electron chi connectivity index (χ4n) is 3.78. The molecule has 2 amide bonds. The minimum absolute atomic E-state index is 0.201. The molecule has 1 aliphatic heterocycles. The molecule has 0 spiro atoms. The van der Waals surface area contributed by atoms with Crippen molar-refractivity contribution in [2.45, 2.75) is 71.1 Å². The highest BCUT2D eigenvalue weighted by Crippen LogP contribution is 2.35. The molecule has 0 N–H and O–H groups in total. The quantitative estimate of drug-likeness (QED) is 0.671. The van der Waals surface area contributed by atoms with Crippen molar-refractivity contribution in [2.75, 3.05) is 20.1 Å². The van der Waals surface area contributed by atoms with Crippen molar-refractivity contribution in [1.29, 1.82) is 0 Å². The van der Waals surface area contributed by atoms with Gasteiger partial charge in [-0.1, -0.05) is 13.0 Å². The van der Waals surface area contributed by atoms with Gasteiger partial charge in [-0.15, -0.1) is 0 Å². The average molecular weight is 320 g/mol. The van der Waals surface area contributed by atoms with Gasteiger partial charge in [-0.2, -0.15) is 0 Å². The molecule has 0 bridgehead atoms. The molecule has 130 valence electrons. The predicted molar refractivity (Wildman–Crippen MR) is 92.8 cm³/mol. The van der Waals surface area contributed by atoms with Crippen molar-refractivity contribution in [1.82, 2.24) is 9.80 Å². The van der Waals surface area contributed by atoms with Crippen LogP contribution >= 0.6 is 0 Å². The number of rotatable bonds is 7. The van der Waals surface area contributed by atoms with Gasteiger partial charge in [0.1, 0.15) is 0 Å². The Morgan fingerprint density at radius 3 is 2.74 bits per heavy atom. The zero-order valence-electron chi connectivity index (χ0n) is 14.9. The molecule has 1 fully saturated rings. The van der Waals surface area contributed by atoms with Crippen molar-refractivity contribution in [2.24, 2.45) is 5.92 Å². The topological polar surface area (TPSA) is 40.6 Å². The normalized spacial score (nSPS) is 20.7. The van der Waals surface area contributed by atoms with Crippen LogP contribution in [0, 0.1) is 5.92 Å². The zero-order chi connectivity index (χ0) is 16.7. The van der Waals surface area contributed by atoms with Gasteiger partial charge < -0.3 is 9.80 Å². The Labute approximate surface area is 140 Å². The molecule has 0 aromatic carbocycles. The van der Waals surface area contributed by atoms with Gasteiger partial charge in [0, 0.05) is 38.7 Å². The van der Waals surface area contributed by atoms with Crippen molar-refractivity contribution in [3.05, 3.63) is 11.8 Å². The largest absolute Gasteiger partial charge is 0.346 e. The third-order valence-electron chi connectivity index (χ3n) is 5.09. The number of carbonyl (C=O) groups is 2. The molecular formula is C19H32N2O2. The molecule has 1 aliphatic carbocycles. The van der Waals surface area contributed by atoms with E-state index in [-0.39, 0.29) is 11.8 Å². The first-order chi connectivity index (χ1) is 11.1. The monoisotopic (exact) mass is 320 g/mol. The van der Waals surface area contributed by atoms with Crippen LogP contribution in [0.1, 0.15) is 71.1 Å². The van der Waals surface area contributed by atoms with Crippen molar-refractivity contribution in [3.8, 4) is 0 Å². The number of hydrogen-bond donors (Lipinski definition) is 0. The van der Waals surface area contributed by atoms with Crippen LogP contribution in [-0.4, -0.2) is 41.8 Å². The van der Waals surface area contributed by atoms with E-state index in [0.717, 1.165) is 45.2 Å². The standard InChI is InChI=1S/C19H32N2O2/c1-3-14-20(2)18(22)12-6-7-13-19(23)21-15-8-10-16-9-4-5-11-17(16)21/h11,16H,3-10,12-15H2,1-2H3. The van der Waals surface area contributed by atoms with E-state index in [1.165, 1.54) is 25.0 Å². The Morgan fingerprint density at radius 2 is 1.96 bits per heavy atom. The summed E-state index contributed by atoms with van der Waals surface area (Å²) in [5.41, 5.74) is 1.30. The minimum Gasteiger partial charge on any atom is -0.346 e. The molecule has 1 unspecified atom stereocenters. The second-order valence-corrected chi connectivity index (χ2v) is 6.97. The van der Waals surface area contributed by atoms with Crippen LogP contribution in [0.3, 0.4) is 0 Å². The molecule has 1 atom stereocenters.